The Bertz CT molecular complexity index is 812. The molecule has 1 aliphatic rings. The number of carboxylic acid groups (broad SMARTS) is 2. The van der Waals surface area contributed by atoms with Crippen LogP contribution in [0, 0.1) is 5.92 Å². The van der Waals surface area contributed by atoms with Gasteiger partial charge in [-0.05, 0) is 44.1 Å². The van der Waals surface area contributed by atoms with E-state index in [1.165, 1.54) is 4.90 Å². The summed E-state index contributed by atoms with van der Waals surface area (Å²) in [6.45, 7) is 0.448. The van der Waals surface area contributed by atoms with Crippen LogP contribution in [0.4, 0.5) is 0 Å². The minimum Gasteiger partial charge on any atom is -0.481 e. The van der Waals surface area contributed by atoms with E-state index in [9.17, 15) is 24.6 Å². The van der Waals surface area contributed by atoms with Crippen molar-refractivity contribution in [1.29, 1.82) is 0 Å². The van der Waals surface area contributed by atoms with Crippen LogP contribution in [-0.2, 0) is 20.8 Å². The molecule has 3 atom stereocenters. The monoisotopic (exact) mass is 433 g/mol. The number of guanidine groups is 1. The maximum absolute atomic E-state index is 13.1. The molecule has 0 bridgehead atoms. The molecule has 1 fully saturated rings. The predicted molar refractivity (Wildman–Crippen MR) is 115 cm³/mol. The summed E-state index contributed by atoms with van der Waals surface area (Å²) >= 11 is 0. The van der Waals surface area contributed by atoms with Crippen LogP contribution in [-0.4, -0.2) is 63.6 Å². The second kappa shape index (κ2) is 10.8. The van der Waals surface area contributed by atoms with Gasteiger partial charge in [0.15, 0.2) is 11.5 Å². The Morgan fingerprint density at radius 2 is 1.81 bits per heavy atom. The summed E-state index contributed by atoms with van der Waals surface area (Å²) in [6, 6.07) is 8.28. The van der Waals surface area contributed by atoms with E-state index in [0.717, 1.165) is 5.56 Å². The molecule has 31 heavy (non-hydrogen) atoms. The largest absolute Gasteiger partial charge is 0.481 e. The highest BCUT2D eigenvalue weighted by molar-refractivity contribution is 5.94. The third kappa shape index (κ3) is 5.72. The second-order valence-corrected chi connectivity index (χ2v) is 7.79. The minimum atomic E-state index is -1.82. The molecule has 1 heterocycles. The Balaban J connectivity index is 2.21. The van der Waals surface area contributed by atoms with E-state index in [1.807, 2.05) is 30.3 Å². The molecular weight excluding hydrogens is 402 g/mol. The zero-order valence-corrected chi connectivity index (χ0v) is 17.4. The lowest BCUT2D eigenvalue weighted by atomic mass is 9.77. The molecule has 0 aliphatic carbocycles. The van der Waals surface area contributed by atoms with Crippen molar-refractivity contribution >= 4 is 23.8 Å². The van der Waals surface area contributed by atoms with E-state index < -0.39 is 35.3 Å². The molecule has 10 heteroatoms. The summed E-state index contributed by atoms with van der Waals surface area (Å²) in [5.41, 5.74) is 15.7. The number of aryl methyl sites for hydroxylation is 1. The molecule has 0 spiro atoms. The lowest BCUT2D eigenvalue weighted by molar-refractivity contribution is -0.168. The van der Waals surface area contributed by atoms with Crippen LogP contribution >= 0.6 is 0 Å². The number of benzene rings is 1. The Hall–Kier alpha value is -3.14. The van der Waals surface area contributed by atoms with Crippen molar-refractivity contribution in [3.05, 3.63) is 35.9 Å². The highest BCUT2D eigenvalue weighted by Gasteiger charge is 2.58. The number of carboxylic acids is 2. The maximum atomic E-state index is 13.1. The number of hydrogen-bond acceptors (Lipinski definition) is 5. The molecule has 0 aromatic heterocycles. The molecule has 1 saturated heterocycles. The number of likely N-dealkylation sites (tertiary alicyclic amines) is 1. The zero-order valence-electron chi connectivity index (χ0n) is 17.4. The van der Waals surface area contributed by atoms with Crippen molar-refractivity contribution in [2.45, 2.75) is 50.1 Å². The quantitative estimate of drug-likeness (QED) is 0.185. The van der Waals surface area contributed by atoms with Gasteiger partial charge in [-0.1, -0.05) is 30.3 Å². The molecule has 0 radical (unpaired) electrons. The van der Waals surface area contributed by atoms with Gasteiger partial charge in [-0.15, -0.1) is 0 Å². The van der Waals surface area contributed by atoms with Crippen LogP contribution in [0.3, 0.4) is 0 Å². The zero-order chi connectivity index (χ0) is 23.0. The van der Waals surface area contributed by atoms with Gasteiger partial charge in [0.2, 0.25) is 5.91 Å². The van der Waals surface area contributed by atoms with Crippen LogP contribution in [0.1, 0.15) is 37.7 Å². The molecule has 170 valence electrons. The molecule has 10 nitrogen and oxygen atoms in total. The first-order valence-corrected chi connectivity index (χ1v) is 10.3. The van der Waals surface area contributed by atoms with E-state index in [1.54, 1.807) is 0 Å². The van der Waals surface area contributed by atoms with Crippen LogP contribution in [0.2, 0.25) is 0 Å². The molecule has 0 unspecified atom stereocenters. The number of carbonyl (C=O) groups is 3. The Labute approximate surface area is 181 Å². The van der Waals surface area contributed by atoms with Gasteiger partial charge in [0.1, 0.15) is 0 Å². The van der Waals surface area contributed by atoms with Gasteiger partial charge in [-0.25, -0.2) is 4.79 Å². The van der Waals surface area contributed by atoms with Gasteiger partial charge in [0.05, 0.1) is 12.0 Å². The van der Waals surface area contributed by atoms with Crippen molar-refractivity contribution in [3.63, 3.8) is 0 Å². The predicted octanol–water partition coefficient (Wildman–Crippen LogP) is 0.147. The van der Waals surface area contributed by atoms with Gasteiger partial charge < -0.3 is 32.3 Å². The number of aliphatic imine (C=N–C) groups is 1. The topological polar surface area (TPSA) is 185 Å². The van der Waals surface area contributed by atoms with Gasteiger partial charge in [0, 0.05) is 13.1 Å². The number of amides is 1. The number of aliphatic carboxylic acids is 2. The highest BCUT2D eigenvalue weighted by atomic mass is 16.4. The molecule has 1 amide bonds. The summed E-state index contributed by atoms with van der Waals surface area (Å²) < 4.78 is 0. The number of nitrogens with zero attached hydrogens (tertiary/aromatic N) is 2. The van der Waals surface area contributed by atoms with Gasteiger partial charge in [0.25, 0.3) is 0 Å². The number of rotatable bonds is 11. The Kier molecular flexibility index (Phi) is 8.38. The van der Waals surface area contributed by atoms with E-state index >= 15 is 0 Å². The van der Waals surface area contributed by atoms with Crippen molar-refractivity contribution in [2.75, 3.05) is 13.1 Å². The van der Waals surface area contributed by atoms with Crippen LogP contribution < -0.4 is 17.2 Å². The average molecular weight is 434 g/mol. The van der Waals surface area contributed by atoms with Gasteiger partial charge in [-0.3, -0.25) is 14.6 Å². The van der Waals surface area contributed by atoms with Crippen LogP contribution in [0.15, 0.2) is 35.3 Å². The summed E-state index contributed by atoms with van der Waals surface area (Å²) in [7, 11) is 0. The first kappa shape index (κ1) is 24.1. The first-order chi connectivity index (χ1) is 14.7. The summed E-state index contributed by atoms with van der Waals surface area (Å²) in [4.78, 5) is 42.6. The Morgan fingerprint density at radius 1 is 1.13 bits per heavy atom. The lowest BCUT2D eigenvalue weighted by Gasteiger charge is -2.40. The molecule has 8 N–H and O–H groups in total. The van der Waals surface area contributed by atoms with Gasteiger partial charge >= 0.3 is 11.9 Å². The van der Waals surface area contributed by atoms with E-state index in [-0.39, 0.29) is 31.8 Å². The van der Waals surface area contributed by atoms with Gasteiger partial charge in [-0.2, -0.15) is 0 Å². The third-order valence-corrected chi connectivity index (χ3v) is 5.78. The SMILES string of the molecule is NC(N)=NCCC[C@H](N)C(=O)N1CCC[C@]1(C(=O)O)[C@H](CCc1ccccc1)C(=O)O. The molecular formula is C21H31N5O5. The van der Waals surface area contributed by atoms with Crippen molar-refractivity contribution in [1.82, 2.24) is 4.90 Å². The van der Waals surface area contributed by atoms with Crippen molar-refractivity contribution in [3.8, 4) is 0 Å². The molecule has 1 aromatic carbocycles. The average Bonchev–Trinajstić information content (AvgIpc) is 3.17. The standard InChI is InChI=1S/C21H31N5O5/c22-16(8-4-12-25-20(23)24)17(27)26-13-5-11-21(26,19(30)31)15(18(28)29)10-9-14-6-2-1-3-7-14/h1-3,6-7,15-16H,4-5,8-13,22H2,(H,28,29)(H,30,31)(H4,23,24,25)/t15-,16+,21-/m1/s1. The third-order valence-electron chi connectivity index (χ3n) is 5.78. The van der Waals surface area contributed by atoms with Crippen LogP contribution in [0.25, 0.3) is 0 Å². The van der Waals surface area contributed by atoms with E-state index in [4.69, 9.17) is 17.2 Å². The summed E-state index contributed by atoms with van der Waals surface area (Å²) in [5.74, 6) is -4.43. The Morgan fingerprint density at radius 3 is 2.39 bits per heavy atom. The second-order valence-electron chi connectivity index (χ2n) is 7.79. The molecule has 1 aliphatic heterocycles. The lowest BCUT2D eigenvalue weighted by Crippen LogP contribution is -2.62. The summed E-state index contributed by atoms with van der Waals surface area (Å²) in [6.07, 6.45) is 1.64. The normalized spacial score (nSPS) is 20.1. The molecule has 2 rings (SSSR count). The van der Waals surface area contributed by atoms with E-state index in [2.05, 4.69) is 4.99 Å². The summed E-state index contributed by atoms with van der Waals surface area (Å²) in [5, 5.41) is 20.0. The number of hydrogen-bond donors (Lipinski definition) is 5. The number of carbonyl (C=O) groups excluding carboxylic acids is 1. The minimum absolute atomic E-state index is 0.0629. The maximum Gasteiger partial charge on any atom is 0.330 e. The fraction of sp³-hybridized carbons (Fsp3) is 0.524. The highest BCUT2D eigenvalue weighted by Crippen LogP contribution is 2.39. The van der Waals surface area contributed by atoms with Crippen molar-refractivity contribution in [2.24, 2.45) is 28.1 Å². The van der Waals surface area contributed by atoms with E-state index in [0.29, 0.717) is 25.8 Å². The smallest absolute Gasteiger partial charge is 0.330 e. The fourth-order valence-corrected chi connectivity index (χ4v) is 4.25. The number of nitrogens with two attached hydrogens (primary N) is 3. The molecule has 0 saturated carbocycles. The van der Waals surface area contributed by atoms with Crippen molar-refractivity contribution < 1.29 is 24.6 Å². The fourth-order valence-electron chi connectivity index (χ4n) is 4.25. The molecule has 1 aromatic rings. The first-order valence-electron chi connectivity index (χ1n) is 10.3. The van der Waals surface area contributed by atoms with Crippen LogP contribution in [0.5, 0.6) is 0 Å².